The highest BCUT2D eigenvalue weighted by Gasteiger charge is 2.54. The Hall–Kier alpha value is -3.92. The highest BCUT2D eigenvalue weighted by atomic mass is 32.2. The molecule has 15 heteroatoms. The zero-order valence-electron chi connectivity index (χ0n) is 30.6. The third-order valence-corrected chi connectivity index (χ3v) is 11.1. The first-order valence-electron chi connectivity index (χ1n) is 16.7. The summed E-state index contributed by atoms with van der Waals surface area (Å²) in [4.78, 5) is 27.4. The second-order valence-corrected chi connectivity index (χ2v) is 17.7. The number of sulfonamides is 1. The molecule has 1 radical (unpaired) electrons. The molecule has 1 aliphatic rings. The van der Waals surface area contributed by atoms with E-state index in [0.29, 0.717) is 11.3 Å². The summed E-state index contributed by atoms with van der Waals surface area (Å²) < 4.78 is 78.8. The van der Waals surface area contributed by atoms with Crippen LogP contribution in [-0.2, 0) is 34.7 Å². The van der Waals surface area contributed by atoms with Gasteiger partial charge in [-0.05, 0) is 90.8 Å². The van der Waals surface area contributed by atoms with E-state index in [0.717, 1.165) is 12.1 Å². The number of hydrogen-bond acceptors (Lipinski definition) is 10. The minimum absolute atomic E-state index is 0.0914. The number of allylic oxidation sites excluding steroid dienone is 2. The quantitative estimate of drug-likeness (QED) is 0.113. The Kier molecular flexibility index (Phi) is 13.5. The van der Waals surface area contributed by atoms with Gasteiger partial charge in [0.25, 0.3) is 0 Å². The molecular formula is C36H50N2O11S2+. The number of carbonyl (C=O) groups excluding carboxylic acids is 2. The molecule has 1 aliphatic heterocycles. The molecule has 0 aliphatic carbocycles. The van der Waals surface area contributed by atoms with E-state index in [1.807, 2.05) is 0 Å². The van der Waals surface area contributed by atoms with Crippen LogP contribution in [0.25, 0.3) is 0 Å². The van der Waals surface area contributed by atoms with Crippen LogP contribution in [-0.4, -0.2) is 81.9 Å². The van der Waals surface area contributed by atoms with E-state index in [1.54, 1.807) is 79.7 Å². The third kappa shape index (κ3) is 10.8. The summed E-state index contributed by atoms with van der Waals surface area (Å²) in [6.07, 6.45) is 3.70. The lowest BCUT2D eigenvalue weighted by atomic mass is 10.2. The minimum Gasteiger partial charge on any atom is -0.493 e. The second kappa shape index (κ2) is 16.6. The van der Waals surface area contributed by atoms with Gasteiger partial charge in [-0.15, -0.1) is 3.89 Å². The van der Waals surface area contributed by atoms with Crippen molar-refractivity contribution >= 4 is 32.3 Å². The SMILES string of the molecule is CCC[N+](CCC1=CC=CCN1C(=O)OC(C)(C)C)(C(=O)OC(C)(C)C)S(=O)(=O)c1ccccc1S(=O)(=O)Oc1cc(C)cc(OCCC[O])c1. The number of nitrogens with zero attached hydrogens (tertiary/aromatic N) is 2. The van der Waals surface area contributed by atoms with Crippen LogP contribution < -0.4 is 8.92 Å². The van der Waals surface area contributed by atoms with Crippen LogP contribution in [0.1, 0.15) is 73.3 Å². The van der Waals surface area contributed by atoms with Crippen molar-refractivity contribution in [2.75, 3.05) is 32.8 Å². The number of quaternary nitrogens is 1. The van der Waals surface area contributed by atoms with Crippen molar-refractivity contribution < 1.29 is 53.8 Å². The number of hydrogen-bond donors (Lipinski definition) is 0. The van der Waals surface area contributed by atoms with Crippen LogP contribution in [0.3, 0.4) is 0 Å². The number of rotatable bonds is 14. The van der Waals surface area contributed by atoms with Crippen LogP contribution in [0.5, 0.6) is 11.5 Å². The minimum atomic E-state index is -4.93. The maximum atomic E-state index is 15.0. The van der Waals surface area contributed by atoms with Crippen molar-refractivity contribution in [2.45, 2.75) is 95.6 Å². The molecule has 2 aromatic carbocycles. The van der Waals surface area contributed by atoms with Crippen LogP contribution in [0.2, 0.25) is 0 Å². The smallest absolute Gasteiger partial charge is 0.493 e. The fourth-order valence-electron chi connectivity index (χ4n) is 5.24. The molecule has 1 atom stereocenters. The molecule has 0 spiro atoms. The first-order chi connectivity index (χ1) is 23.7. The largest absolute Gasteiger partial charge is 0.532 e. The van der Waals surface area contributed by atoms with E-state index >= 15 is 0 Å². The number of aryl methyl sites for hydroxylation is 1. The molecule has 0 fully saturated rings. The lowest BCUT2D eigenvalue weighted by Gasteiger charge is -2.36. The summed E-state index contributed by atoms with van der Waals surface area (Å²) in [5, 5.41) is 10.9. The fourth-order valence-corrected chi connectivity index (χ4v) is 8.80. The van der Waals surface area contributed by atoms with E-state index in [1.165, 1.54) is 29.2 Å². The Morgan fingerprint density at radius 1 is 0.882 bits per heavy atom. The maximum Gasteiger partial charge on any atom is 0.532 e. The summed E-state index contributed by atoms with van der Waals surface area (Å²) in [5.74, 6) is 0.130. The van der Waals surface area contributed by atoms with Gasteiger partial charge in [-0.25, -0.2) is 9.90 Å². The van der Waals surface area contributed by atoms with Gasteiger partial charge in [0.1, 0.15) is 45.6 Å². The molecule has 0 saturated carbocycles. The van der Waals surface area contributed by atoms with E-state index < -0.39 is 63.8 Å². The first kappa shape index (κ1) is 41.5. The molecule has 3 rings (SSSR count). The Morgan fingerprint density at radius 3 is 2.12 bits per heavy atom. The zero-order chi connectivity index (χ0) is 38.3. The molecule has 0 N–H and O–H groups in total. The van der Waals surface area contributed by atoms with Crippen LogP contribution in [0.15, 0.2) is 76.2 Å². The summed E-state index contributed by atoms with van der Waals surface area (Å²) >= 11 is 0. The van der Waals surface area contributed by atoms with Gasteiger partial charge >= 0.3 is 32.3 Å². The fraction of sp³-hybridized carbons (Fsp3) is 0.500. The average Bonchev–Trinajstić information content (AvgIpc) is 3.01. The predicted molar refractivity (Wildman–Crippen MR) is 190 cm³/mol. The topological polar surface area (TPSA) is 162 Å². The molecule has 0 aromatic heterocycles. The van der Waals surface area contributed by atoms with Crippen molar-refractivity contribution in [3.63, 3.8) is 0 Å². The number of amides is 2. The molecule has 1 unspecified atom stereocenters. The Labute approximate surface area is 302 Å². The van der Waals surface area contributed by atoms with E-state index in [-0.39, 0.29) is 57.1 Å². The van der Waals surface area contributed by atoms with Crippen molar-refractivity contribution in [3.05, 3.63) is 72.0 Å². The molecular weight excluding hydrogens is 701 g/mol. The number of benzene rings is 2. The maximum absolute atomic E-state index is 15.0. The molecule has 281 valence electrons. The van der Waals surface area contributed by atoms with Gasteiger partial charge in [-0.2, -0.15) is 21.6 Å². The van der Waals surface area contributed by atoms with E-state index in [4.69, 9.17) is 18.4 Å². The molecule has 2 amide bonds. The lowest BCUT2D eigenvalue weighted by molar-refractivity contribution is -0.733. The third-order valence-electron chi connectivity index (χ3n) is 7.36. The highest BCUT2D eigenvalue weighted by Crippen LogP contribution is 2.35. The molecule has 0 bridgehead atoms. The Balaban J connectivity index is 2.14. The van der Waals surface area contributed by atoms with Gasteiger partial charge in [-0.1, -0.05) is 31.2 Å². The van der Waals surface area contributed by atoms with Gasteiger partial charge in [0, 0.05) is 31.1 Å². The Bertz CT molecular complexity index is 1840. The van der Waals surface area contributed by atoms with Gasteiger partial charge in [0.2, 0.25) is 0 Å². The summed E-state index contributed by atoms with van der Waals surface area (Å²) in [6.45, 7) is 12.6. The lowest BCUT2D eigenvalue weighted by Crippen LogP contribution is -2.59. The molecule has 51 heavy (non-hydrogen) atoms. The van der Waals surface area contributed by atoms with E-state index in [2.05, 4.69) is 0 Å². The second-order valence-electron chi connectivity index (χ2n) is 14.1. The molecule has 13 nitrogen and oxygen atoms in total. The summed E-state index contributed by atoms with van der Waals surface area (Å²) in [5.41, 5.74) is -0.905. The number of ether oxygens (including phenoxy) is 3. The summed E-state index contributed by atoms with van der Waals surface area (Å²) in [6, 6.07) is 9.32. The van der Waals surface area contributed by atoms with Crippen molar-refractivity contribution in [2.24, 2.45) is 0 Å². The van der Waals surface area contributed by atoms with Gasteiger partial charge in [-0.3, -0.25) is 4.90 Å². The molecule has 2 aromatic rings. The standard InChI is InChI=1S/C36H50N2O11S2/c1-9-20-38(34(41)48-36(6,7)8,21-18-28-15-12-13-19-37(28)33(40)47-35(3,4)5)50(42,43)31-16-10-11-17-32(31)51(44,45)49-30-25-27(2)24-29(26-30)46-23-14-22-39/h10-13,15-17,24-26H,9,14,18-23H2,1-8H3/q+1. The van der Waals surface area contributed by atoms with Gasteiger partial charge < -0.3 is 18.4 Å². The highest BCUT2D eigenvalue weighted by molar-refractivity contribution is 7.90. The number of carbonyl (C=O) groups is 2. The van der Waals surface area contributed by atoms with Crippen LogP contribution in [0, 0.1) is 6.92 Å². The van der Waals surface area contributed by atoms with Gasteiger partial charge in [0.15, 0.2) is 0 Å². The van der Waals surface area contributed by atoms with Crippen molar-refractivity contribution in [3.8, 4) is 11.5 Å². The van der Waals surface area contributed by atoms with Crippen molar-refractivity contribution in [1.29, 1.82) is 0 Å². The van der Waals surface area contributed by atoms with Crippen LogP contribution >= 0.6 is 0 Å². The molecule has 0 saturated heterocycles. The molecule has 1 heterocycles. The average molecular weight is 751 g/mol. The van der Waals surface area contributed by atoms with Gasteiger partial charge in [0.05, 0.1) is 13.2 Å². The predicted octanol–water partition coefficient (Wildman–Crippen LogP) is 6.89. The normalized spacial score (nSPS) is 15.1. The first-order valence-corrected chi connectivity index (χ1v) is 19.6. The monoisotopic (exact) mass is 750 g/mol. The summed E-state index contributed by atoms with van der Waals surface area (Å²) in [7, 11) is -9.76. The van der Waals surface area contributed by atoms with Crippen LogP contribution in [0.4, 0.5) is 9.59 Å². The van der Waals surface area contributed by atoms with Crippen molar-refractivity contribution in [1.82, 2.24) is 4.90 Å². The van der Waals surface area contributed by atoms with E-state index in [9.17, 15) is 31.5 Å². The zero-order valence-corrected chi connectivity index (χ0v) is 32.3. The Morgan fingerprint density at radius 2 is 1.51 bits per heavy atom.